The molecule has 1 heterocycles. The molecule has 0 saturated carbocycles. The number of nitrogens with zero attached hydrogens (tertiary/aromatic N) is 1. The highest BCUT2D eigenvalue weighted by Gasteiger charge is 2.38. The third-order valence-corrected chi connectivity index (χ3v) is 7.62. The van der Waals surface area contributed by atoms with Gasteiger partial charge in [-0.3, -0.25) is 10.0 Å². The van der Waals surface area contributed by atoms with Gasteiger partial charge in [-0.2, -0.15) is 4.31 Å². The summed E-state index contributed by atoms with van der Waals surface area (Å²) in [5.41, 5.74) is 3.45. The van der Waals surface area contributed by atoms with Crippen molar-refractivity contribution in [2.45, 2.75) is 38.3 Å². The van der Waals surface area contributed by atoms with Crippen LogP contribution in [0.15, 0.2) is 29.2 Å². The molecule has 0 spiro atoms. The topological polar surface area (TPSA) is 135 Å². The second-order valence-electron chi connectivity index (χ2n) is 7.39. The van der Waals surface area contributed by atoms with Gasteiger partial charge in [-0.05, 0) is 61.2 Å². The van der Waals surface area contributed by atoms with Gasteiger partial charge in [0.25, 0.3) is 5.91 Å². The fraction of sp³-hybridized carbons (Fsp3) is 0.381. The van der Waals surface area contributed by atoms with Crippen molar-refractivity contribution in [3.63, 3.8) is 0 Å². The minimum Gasteiger partial charge on any atom is -0.496 e. The summed E-state index contributed by atoms with van der Waals surface area (Å²) in [6.07, 6.45) is 0. The van der Waals surface area contributed by atoms with E-state index in [1.165, 1.54) is 12.6 Å². The van der Waals surface area contributed by atoms with E-state index in [0.29, 0.717) is 39.5 Å². The van der Waals surface area contributed by atoms with Crippen molar-refractivity contribution in [3.05, 3.63) is 46.5 Å². The van der Waals surface area contributed by atoms with Crippen molar-refractivity contribution in [1.29, 1.82) is 0 Å². The van der Waals surface area contributed by atoms with Crippen molar-refractivity contribution in [1.82, 2.24) is 9.79 Å². The Labute approximate surface area is 186 Å². The summed E-state index contributed by atoms with van der Waals surface area (Å²) in [6.45, 7) is 3.96. The summed E-state index contributed by atoms with van der Waals surface area (Å²) in [4.78, 5) is 12.3. The zero-order valence-corrected chi connectivity index (χ0v) is 19.0. The van der Waals surface area contributed by atoms with Crippen molar-refractivity contribution < 1.29 is 37.7 Å². The van der Waals surface area contributed by atoms with E-state index in [0.717, 1.165) is 4.31 Å². The lowest BCUT2D eigenvalue weighted by molar-refractivity contribution is -0.134. The van der Waals surface area contributed by atoms with Crippen molar-refractivity contribution in [2.75, 3.05) is 20.5 Å². The Morgan fingerprint density at radius 1 is 1.19 bits per heavy atom. The number of aliphatic hydroxyl groups excluding tert-OH is 1. The number of sulfonamides is 1. The molecule has 1 amide bonds. The highest BCUT2D eigenvalue weighted by Crippen LogP contribution is 2.36. The maximum absolute atomic E-state index is 13.8. The second-order valence-corrected chi connectivity index (χ2v) is 9.21. The average Bonchev–Trinajstić information content (AvgIpc) is 3.23. The predicted octanol–water partition coefficient (Wildman–Crippen LogP) is 1.41. The van der Waals surface area contributed by atoms with Gasteiger partial charge in [-0.15, -0.1) is 0 Å². The molecule has 11 heteroatoms. The van der Waals surface area contributed by atoms with Gasteiger partial charge in [0.15, 0.2) is 11.5 Å². The number of aryl methyl sites for hydroxylation is 1. The normalized spacial score (nSPS) is 13.8. The summed E-state index contributed by atoms with van der Waals surface area (Å²) in [7, 11) is -2.82. The monoisotopic (exact) mass is 466 g/mol. The maximum Gasteiger partial charge on any atom is 0.264 e. The van der Waals surface area contributed by atoms with Crippen LogP contribution in [0.4, 0.5) is 0 Å². The predicted molar refractivity (Wildman–Crippen MR) is 113 cm³/mol. The maximum atomic E-state index is 13.8. The number of rotatable bonds is 8. The van der Waals surface area contributed by atoms with E-state index in [1.54, 1.807) is 45.0 Å². The first kappa shape index (κ1) is 23.8. The molecule has 2 aromatic rings. The standard InChI is InChI=1S/C21H26N2O8S/c1-12-7-18(29-4)13(2)14(3)20(12)32(27,28)23(16(10-24)21(25)22-26)9-15-5-6-17-19(8-15)31-11-30-17/h5-8,16,24,26H,9-11H2,1-4H3,(H,22,25). The second kappa shape index (κ2) is 9.33. The van der Waals surface area contributed by atoms with Crippen LogP contribution in [0.2, 0.25) is 0 Å². The number of nitrogens with one attached hydrogen (secondary N) is 1. The molecule has 3 N–H and O–H groups in total. The number of hydrogen-bond acceptors (Lipinski definition) is 8. The van der Waals surface area contributed by atoms with Gasteiger partial charge in [0, 0.05) is 6.54 Å². The number of ether oxygens (including phenoxy) is 3. The number of aliphatic hydroxyl groups is 1. The molecule has 1 aliphatic rings. The molecular weight excluding hydrogens is 440 g/mol. The molecule has 0 aromatic heterocycles. The van der Waals surface area contributed by atoms with Crippen LogP contribution in [0.25, 0.3) is 0 Å². The summed E-state index contributed by atoms with van der Waals surface area (Å²) in [6, 6.07) is 4.91. The molecule has 32 heavy (non-hydrogen) atoms. The summed E-state index contributed by atoms with van der Waals surface area (Å²) in [5.74, 6) is 0.442. The Hall–Kier alpha value is -2.86. The number of methoxy groups -OCH3 is 1. The van der Waals surface area contributed by atoms with E-state index in [4.69, 9.17) is 19.4 Å². The summed E-state index contributed by atoms with van der Waals surface area (Å²) < 4.78 is 44.5. The molecule has 1 aliphatic heterocycles. The van der Waals surface area contributed by atoms with Gasteiger partial charge in [0.1, 0.15) is 11.8 Å². The molecular formula is C21H26N2O8S. The van der Waals surface area contributed by atoms with Crippen LogP contribution in [-0.4, -0.2) is 55.5 Å². The number of hydroxylamine groups is 1. The van der Waals surface area contributed by atoms with E-state index in [-0.39, 0.29) is 18.2 Å². The number of amides is 1. The van der Waals surface area contributed by atoms with E-state index >= 15 is 0 Å². The van der Waals surface area contributed by atoms with E-state index < -0.39 is 28.6 Å². The molecule has 10 nitrogen and oxygen atoms in total. The molecule has 1 unspecified atom stereocenters. The van der Waals surface area contributed by atoms with Crippen LogP contribution in [0.5, 0.6) is 17.2 Å². The third-order valence-electron chi connectivity index (χ3n) is 5.47. The molecule has 0 aliphatic carbocycles. The fourth-order valence-corrected chi connectivity index (χ4v) is 5.77. The van der Waals surface area contributed by atoms with Gasteiger partial charge in [-0.1, -0.05) is 6.07 Å². The zero-order chi connectivity index (χ0) is 23.6. The smallest absolute Gasteiger partial charge is 0.264 e. The Morgan fingerprint density at radius 2 is 1.88 bits per heavy atom. The van der Waals surface area contributed by atoms with E-state index in [9.17, 15) is 18.3 Å². The van der Waals surface area contributed by atoms with Gasteiger partial charge < -0.3 is 19.3 Å². The molecule has 3 rings (SSSR count). The van der Waals surface area contributed by atoms with Crippen molar-refractivity contribution in [3.8, 4) is 17.2 Å². The van der Waals surface area contributed by atoms with Crippen LogP contribution >= 0.6 is 0 Å². The van der Waals surface area contributed by atoms with Crippen molar-refractivity contribution >= 4 is 15.9 Å². The van der Waals surface area contributed by atoms with Crippen LogP contribution in [0.1, 0.15) is 22.3 Å². The molecule has 1 atom stereocenters. The molecule has 2 aromatic carbocycles. The van der Waals surface area contributed by atoms with Crippen LogP contribution in [0, 0.1) is 20.8 Å². The molecule has 0 fully saturated rings. The van der Waals surface area contributed by atoms with Crippen LogP contribution < -0.4 is 19.7 Å². The van der Waals surface area contributed by atoms with E-state index in [2.05, 4.69) is 0 Å². The highest BCUT2D eigenvalue weighted by atomic mass is 32.2. The fourth-order valence-electron chi connectivity index (χ4n) is 3.71. The Morgan fingerprint density at radius 3 is 2.50 bits per heavy atom. The summed E-state index contributed by atoms with van der Waals surface area (Å²) in [5, 5.41) is 19.0. The first-order valence-corrected chi connectivity index (χ1v) is 11.2. The number of fused-ring (bicyclic) bond motifs is 1. The molecule has 174 valence electrons. The third kappa shape index (κ3) is 4.24. The average molecular weight is 467 g/mol. The van der Waals surface area contributed by atoms with Gasteiger partial charge in [0.05, 0.1) is 18.6 Å². The quantitative estimate of drug-likeness (QED) is 0.393. The highest BCUT2D eigenvalue weighted by molar-refractivity contribution is 7.89. The van der Waals surface area contributed by atoms with Gasteiger partial charge in [0.2, 0.25) is 16.8 Å². The first-order valence-electron chi connectivity index (χ1n) is 9.75. The molecule has 0 saturated heterocycles. The Kier molecular flexibility index (Phi) is 6.94. The number of carbonyl (C=O) groups excluding carboxylic acids is 1. The number of benzene rings is 2. The lowest BCUT2D eigenvalue weighted by atomic mass is 10.1. The lowest BCUT2D eigenvalue weighted by Gasteiger charge is -2.30. The molecule has 0 bridgehead atoms. The van der Waals surface area contributed by atoms with Crippen molar-refractivity contribution in [2.24, 2.45) is 0 Å². The van der Waals surface area contributed by atoms with Gasteiger partial charge in [-0.25, -0.2) is 13.9 Å². The van der Waals surface area contributed by atoms with Gasteiger partial charge >= 0.3 is 0 Å². The summed E-state index contributed by atoms with van der Waals surface area (Å²) >= 11 is 0. The number of carbonyl (C=O) groups is 1. The lowest BCUT2D eigenvalue weighted by Crippen LogP contribution is -2.50. The van der Waals surface area contributed by atoms with Crippen LogP contribution in [-0.2, 0) is 21.4 Å². The van der Waals surface area contributed by atoms with E-state index in [1.807, 2.05) is 0 Å². The minimum absolute atomic E-state index is 0.000679. The first-order chi connectivity index (χ1) is 15.1. The zero-order valence-electron chi connectivity index (χ0n) is 18.2. The Balaban J connectivity index is 2.14. The number of hydrogen-bond donors (Lipinski definition) is 3. The minimum atomic E-state index is -4.31. The largest absolute Gasteiger partial charge is 0.496 e. The SMILES string of the molecule is COc1cc(C)c(S(=O)(=O)N(Cc2ccc3c(c2)OCO3)C(CO)C(=O)NO)c(C)c1C. The van der Waals surface area contributed by atoms with Crippen LogP contribution in [0.3, 0.4) is 0 Å². The Bertz CT molecular complexity index is 1130. The molecule has 0 radical (unpaired) electrons.